The van der Waals surface area contributed by atoms with Crippen molar-refractivity contribution in [2.24, 2.45) is 5.10 Å². The minimum absolute atomic E-state index is 0.229. The van der Waals surface area contributed by atoms with Crippen LogP contribution in [0.2, 0.25) is 0 Å². The lowest BCUT2D eigenvalue weighted by molar-refractivity contribution is 0.0950. The van der Waals surface area contributed by atoms with E-state index in [0.29, 0.717) is 5.69 Å². The summed E-state index contributed by atoms with van der Waals surface area (Å²) < 4.78 is 5.25. The number of aryl methyl sites for hydroxylation is 1. The molecule has 1 aromatic carbocycles. The second kappa shape index (κ2) is 5.83. The SMILES string of the molecule is COc1ccc2c(c1)CCC/C2=N/NC(=O)c1ccc[nH]1. The molecular weight excluding hydrogens is 266 g/mol. The van der Waals surface area contributed by atoms with Gasteiger partial charge in [-0.3, -0.25) is 4.79 Å². The molecule has 0 unspecified atom stereocenters. The Morgan fingerprint density at radius 3 is 3.00 bits per heavy atom. The van der Waals surface area contributed by atoms with Gasteiger partial charge in [0.05, 0.1) is 12.8 Å². The third-order valence-corrected chi connectivity index (χ3v) is 3.62. The Morgan fingerprint density at radius 2 is 2.24 bits per heavy atom. The Morgan fingerprint density at radius 1 is 1.33 bits per heavy atom. The van der Waals surface area contributed by atoms with E-state index in [1.165, 1.54) is 5.56 Å². The minimum atomic E-state index is -0.229. The van der Waals surface area contributed by atoms with Crippen LogP contribution in [-0.4, -0.2) is 23.7 Å². The number of carbonyl (C=O) groups excluding carboxylic acids is 1. The molecule has 1 aliphatic rings. The molecular formula is C16H17N3O2. The van der Waals surface area contributed by atoms with Crippen LogP contribution >= 0.6 is 0 Å². The molecule has 0 saturated heterocycles. The van der Waals surface area contributed by atoms with Gasteiger partial charge in [0.25, 0.3) is 5.91 Å². The van der Waals surface area contributed by atoms with Crippen molar-refractivity contribution in [2.45, 2.75) is 19.3 Å². The highest BCUT2D eigenvalue weighted by molar-refractivity contribution is 6.04. The largest absolute Gasteiger partial charge is 0.497 e. The molecule has 5 heteroatoms. The Labute approximate surface area is 123 Å². The number of carbonyl (C=O) groups is 1. The third kappa shape index (κ3) is 2.81. The number of benzene rings is 1. The fourth-order valence-electron chi connectivity index (χ4n) is 2.53. The normalized spacial score (nSPS) is 15.6. The highest BCUT2D eigenvalue weighted by atomic mass is 16.5. The number of amides is 1. The predicted octanol–water partition coefficient (Wildman–Crippen LogP) is 2.49. The number of nitrogens with one attached hydrogen (secondary N) is 2. The van der Waals surface area contributed by atoms with E-state index in [1.807, 2.05) is 18.2 Å². The quantitative estimate of drug-likeness (QED) is 0.850. The van der Waals surface area contributed by atoms with E-state index in [4.69, 9.17) is 4.74 Å². The van der Waals surface area contributed by atoms with Gasteiger partial charge in [0.1, 0.15) is 11.4 Å². The molecule has 108 valence electrons. The Balaban J connectivity index is 1.81. The van der Waals surface area contributed by atoms with Gasteiger partial charge >= 0.3 is 0 Å². The molecule has 0 fully saturated rings. The average Bonchev–Trinajstić information content (AvgIpc) is 3.06. The second-order valence-corrected chi connectivity index (χ2v) is 4.96. The zero-order valence-corrected chi connectivity index (χ0v) is 11.8. The lowest BCUT2D eigenvalue weighted by atomic mass is 9.90. The van der Waals surface area contributed by atoms with Crippen molar-refractivity contribution >= 4 is 11.6 Å². The van der Waals surface area contributed by atoms with Crippen LogP contribution in [0.25, 0.3) is 0 Å². The first kappa shape index (κ1) is 13.4. The molecule has 0 saturated carbocycles. The molecule has 1 aromatic heterocycles. The van der Waals surface area contributed by atoms with Crippen molar-refractivity contribution in [1.29, 1.82) is 0 Å². The number of aromatic nitrogens is 1. The van der Waals surface area contributed by atoms with E-state index in [9.17, 15) is 4.79 Å². The van der Waals surface area contributed by atoms with Crippen molar-refractivity contribution in [3.63, 3.8) is 0 Å². The van der Waals surface area contributed by atoms with E-state index in [-0.39, 0.29) is 5.91 Å². The first-order chi connectivity index (χ1) is 10.3. The molecule has 3 rings (SSSR count). The van der Waals surface area contributed by atoms with Crippen LogP contribution in [0.5, 0.6) is 5.75 Å². The zero-order valence-electron chi connectivity index (χ0n) is 11.8. The molecule has 5 nitrogen and oxygen atoms in total. The van der Waals surface area contributed by atoms with E-state index < -0.39 is 0 Å². The number of hydrogen-bond donors (Lipinski definition) is 2. The van der Waals surface area contributed by atoms with Crippen LogP contribution in [0.15, 0.2) is 41.6 Å². The maximum Gasteiger partial charge on any atom is 0.287 e. The van der Waals surface area contributed by atoms with E-state index in [1.54, 1.807) is 25.4 Å². The molecule has 0 radical (unpaired) electrons. The average molecular weight is 283 g/mol. The van der Waals surface area contributed by atoms with Crippen LogP contribution < -0.4 is 10.2 Å². The van der Waals surface area contributed by atoms with Crippen LogP contribution in [-0.2, 0) is 6.42 Å². The molecule has 0 aliphatic heterocycles. The molecule has 0 atom stereocenters. The summed E-state index contributed by atoms with van der Waals surface area (Å²) in [6.45, 7) is 0. The maximum absolute atomic E-state index is 11.9. The molecule has 21 heavy (non-hydrogen) atoms. The lowest BCUT2D eigenvalue weighted by Gasteiger charge is -2.18. The van der Waals surface area contributed by atoms with Gasteiger partial charge in [0.15, 0.2) is 0 Å². The number of nitrogens with zero attached hydrogens (tertiary/aromatic N) is 1. The van der Waals surface area contributed by atoms with Crippen LogP contribution in [0.1, 0.15) is 34.5 Å². The molecule has 2 N–H and O–H groups in total. The van der Waals surface area contributed by atoms with E-state index >= 15 is 0 Å². The van der Waals surface area contributed by atoms with Crippen molar-refractivity contribution in [3.8, 4) is 5.75 Å². The van der Waals surface area contributed by atoms with Gasteiger partial charge in [0.2, 0.25) is 0 Å². The summed E-state index contributed by atoms with van der Waals surface area (Å²) in [7, 11) is 1.66. The summed E-state index contributed by atoms with van der Waals surface area (Å²) in [4.78, 5) is 14.8. The monoisotopic (exact) mass is 283 g/mol. The molecule has 1 heterocycles. The lowest BCUT2D eigenvalue weighted by Crippen LogP contribution is -2.22. The standard InChI is InChI=1S/C16H17N3O2/c1-21-12-7-8-13-11(10-12)4-2-5-14(13)18-19-16(20)15-6-3-9-17-15/h3,6-10,17H,2,4-5H2,1H3,(H,19,20)/b18-14-. The van der Waals surface area contributed by atoms with E-state index in [0.717, 1.165) is 36.3 Å². The van der Waals surface area contributed by atoms with Crippen LogP contribution in [0.3, 0.4) is 0 Å². The van der Waals surface area contributed by atoms with Crippen LogP contribution in [0, 0.1) is 0 Å². The van der Waals surface area contributed by atoms with Gasteiger partial charge in [-0.25, -0.2) is 5.43 Å². The van der Waals surface area contributed by atoms with Gasteiger partial charge in [-0.2, -0.15) is 5.10 Å². The van der Waals surface area contributed by atoms with Gasteiger partial charge in [-0.05, 0) is 55.2 Å². The van der Waals surface area contributed by atoms with Gasteiger partial charge < -0.3 is 9.72 Å². The van der Waals surface area contributed by atoms with Gasteiger partial charge in [-0.15, -0.1) is 0 Å². The summed E-state index contributed by atoms with van der Waals surface area (Å²) in [6.07, 6.45) is 4.61. The predicted molar refractivity (Wildman–Crippen MR) is 80.7 cm³/mol. The number of rotatable bonds is 3. The zero-order chi connectivity index (χ0) is 14.7. The first-order valence-corrected chi connectivity index (χ1v) is 6.95. The maximum atomic E-state index is 11.9. The highest BCUT2D eigenvalue weighted by Gasteiger charge is 2.16. The fraction of sp³-hybridized carbons (Fsp3) is 0.250. The summed E-state index contributed by atoms with van der Waals surface area (Å²) in [5.41, 5.74) is 6.34. The summed E-state index contributed by atoms with van der Waals surface area (Å²) >= 11 is 0. The van der Waals surface area contributed by atoms with Crippen LogP contribution in [0.4, 0.5) is 0 Å². The third-order valence-electron chi connectivity index (χ3n) is 3.62. The molecule has 0 bridgehead atoms. The van der Waals surface area contributed by atoms with Gasteiger partial charge in [-0.1, -0.05) is 0 Å². The molecule has 1 amide bonds. The number of hydrazone groups is 1. The van der Waals surface area contributed by atoms with Crippen molar-refractivity contribution < 1.29 is 9.53 Å². The van der Waals surface area contributed by atoms with Crippen molar-refractivity contribution in [2.75, 3.05) is 7.11 Å². The summed E-state index contributed by atoms with van der Waals surface area (Å²) in [5.74, 6) is 0.624. The highest BCUT2D eigenvalue weighted by Crippen LogP contribution is 2.25. The Bertz CT molecular complexity index is 675. The fourth-order valence-corrected chi connectivity index (χ4v) is 2.53. The summed E-state index contributed by atoms with van der Waals surface area (Å²) in [5, 5.41) is 4.29. The number of methoxy groups -OCH3 is 1. The number of ether oxygens (including phenoxy) is 1. The molecule has 0 spiro atoms. The van der Waals surface area contributed by atoms with Gasteiger partial charge in [0, 0.05) is 11.8 Å². The number of hydrogen-bond acceptors (Lipinski definition) is 3. The summed E-state index contributed by atoms with van der Waals surface area (Å²) in [6, 6.07) is 9.47. The Kier molecular flexibility index (Phi) is 3.73. The number of fused-ring (bicyclic) bond motifs is 1. The van der Waals surface area contributed by atoms with Crippen molar-refractivity contribution in [3.05, 3.63) is 53.3 Å². The number of H-pyrrole nitrogens is 1. The second-order valence-electron chi connectivity index (χ2n) is 4.96. The molecule has 1 aliphatic carbocycles. The van der Waals surface area contributed by atoms with Crippen molar-refractivity contribution in [1.82, 2.24) is 10.4 Å². The minimum Gasteiger partial charge on any atom is -0.497 e. The molecule has 2 aromatic rings. The topological polar surface area (TPSA) is 66.5 Å². The Hall–Kier alpha value is -2.56. The van der Waals surface area contributed by atoms with E-state index in [2.05, 4.69) is 15.5 Å². The first-order valence-electron chi connectivity index (χ1n) is 6.95. The smallest absolute Gasteiger partial charge is 0.287 e. The number of aromatic amines is 1.